The molecular formula is C14H13ClFNO2. The number of hydrogen-bond acceptors (Lipinski definition) is 3. The van der Waals surface area contributed by atoms with Crippen LogP contribution in [0, 0.1) is 5.82 Å². The Morgan fingerprint density at radius 1 is 1.21 bits per heavy atom. The summed E-state index contributed by atoms with van der Waals surface area (Å²) in [4.78, 5) is 0. The minimum Gasteiger partial charge on any atom is -0.492 e. The molecule has 5 heteroatoms. The molecule has 0 bridgehead atoms. The Bertz CT molecular complexity index is 590. The van der Waals surface area contributed by atoms with Crippen LogP contribution in [0.3, 0.4) is 0 Å². The van der Waals surface area contributed by atoms with Crippen molar-refractivity contribution in [3.63, 3.8) is 0 Å². The molecule has 0 aliphatic heterocycles. The number of nitrogen functional groups attached to an aromatic ring is 1. The lowest BCUT2D eigenvalue weighted by Gasteiger charge is -2.12. The van der Waals surface area contributed by atoms with Gasteiger partial charge < -0.3 is 15.2 Å². The summed E-state index contributed by atoms with van der Waals surface area (Å²) in [6, 6.07) is 9.38. The van der Waals surface area contributed by atoms with Crippen molar-refractivity contribution in [1.82, 2.24) is 0 Å². The Hall–Kier alpha value is -1.94. The summed E-state index contributed by atoms with van der Waals surface area (Å²) in [5, 5.41) is 0.0448. The Balaban J connectivity index is 2.27. The molecule has 3 nitrogen and oxygen atoms in total. The van der Waals surface area contributed by atoms with Gasteiger partial charge in [-0.2, -0.15) is 0 Å². The lowest BCUT2D eigenvalue weighted by atomic mass is 10.2. The minimum atomic E-state index is -0.543. The fourth-order valence-electron chi connectivity index (χ4n) is 1.56. The van der Waals surface area contributed by atoms with Gasteiger partial charge in [-0.25, -0.2) is 4.39 Å². The van der Waals surface area contributed by atoms with E-state index in [1.54, 1.807) is 24.3 Å². The maximum Gasteiger partial charge on any atom is 0.154 e. The number of hydrogen-bond donors (Lipinski definition) is 1. The molecule has 19 heavy (non-hydrogen) atoms. The molecule has 0 heterocycles. The third kappa shape index (κ3) is 3.09. The van der Waals surface area contributed by atoms with Gasteiger partial charge in [0.15, 0.2) is 5.75 Å². The van der Waals surface area contributed by atoms with Crippen molar-refractivity contribution in [2.75, 3.05) is 12.3 Å². The molecule has 0 saturated carbocycles. The van der Waals surface area contributed by atoms with Crippen LogP contribution in [0.2, 0.25) is 5.02 Å². The van der Waals surface area contributed by atoms with E-state index in [-0.39, 0.29) is 5.02 Å². The molecule has 0 saturated heterocycles. The van der Waals surface area contributed by atoms with E-state index in [0.29, 0.717) is 29.5 Å². The maximum atomic E-state index is 13.3. The van der Waals surface area contributed by atoms with Crippen LogP contribution in [-0.2, 0) is 0 Å². The van der Waals surface area contributed by atoms with Crippen LogP contribution in [0.15, 0.2) is 36.4 Å². The summed E-state index contributed by atoms with van der Waals surface area (Å²) >= 11 is 5.61. The number of rotatable bonds is 4. The van der Waals surface area contributed by atoms with Gasteiger partial charge in [-0.15, -0.1) is 0 Å². The van der Waals surface area contributed by atoms with Gasteiger partial charge in [0.05, 0.1) is 11.6 Å². The molecule has 0 fully saturated rings. The lowest BCUT2D eigenvalue weighted by Crippen LogP contribution is -1.99. The zero-order chi connectivity index (χ0) is 13.8. The normalized spacial score (nSPS) is 10.3. The number of nitrogens with two attached hydrogens (primary N) is 1. The molecule has 0 aliphatic rings. The third-order valence-electron chi connectivity index (χ3n) is 2.44. The van der Waals surface area contributed by atoms with Gasteiger partial charge in [0.2, 0.25) is 0 Å². The quantitative estimate of drug-likeness (QED) is 0.852. The predicted molar refractivity (Wildman–Crippen MR) is 73.5 cm³/mol. The molecule has 0 aliphatic carbocycles. The second kappa shape index (κ2) is 5.80. The predicted octanol–water partition coefficient (Wildman–Crippen LogP) is 4.25. The molecule has 2 rings (SSSR count). The highest BCUT2D eigenvalue weighted by Gasteiger charge is 2.09. The topological polar surface area (TPSA) is 44.5 Å². The molecular weight excluding hydrogens is 269 g/mol. The van der Waals surface area contributed by atoms with Gasteiger partial charge in [-0.3, -0.25) is 0 Å². The Kier molecular flexibility index (Phi) is 4.12. The highest BCUT2D eigenvalue weighted by Crippen LogP contribution is 2.35. The van der Waals surface area contributed by atoms with Crippen molar-refractivity contribution in [3.05, 3.63) is 47.2 Å². The lowest BCUT2D eigenvalue weighted by molar-refractivity contribution is 0.340. The largest absolute Gasteiger partial charge is 0.492 e. The monoisotopic (exact) mass is 281 g/mol. The number of ether oxygens (including phenoxy) is 2. The summed E-state index contributed by atoms with van der Waals surface area (Å²) in [5.41, 5.74) is 6.29. The van der Waals surface area contributed by atoms with Crippen molar-refractivity contribution in [2.24, 2.45) is 0 Å². The molecule has 2 N–H and O–H groups in total. The highest BCUT2D eigenvalue weighted by molar-refractivity contribution is 6.30. The molecule has 0 unspecified atom stereocenters. The van der Waals surface area contributed by atoms with Crippen molar-refractivity contribution >= 4 is 17.3 Å². The van der Waals surface area contributed by atoms with Crippen LogP contribution >= 0.6 is 11.6 Å². The molecule has 100 valence electrons. The standard InChI is InChI=1S/C14H13ClFNO2/c1-2-18-12-4-3-5-13(14(12)17)19-9-6-7-10(15)11(16)8-9/h3-8H,2,17H2,1H3. The van der Waals surface area contributed by atoms with Gasteiger partial charge in [0.25, 0.3) is 0 Å². The van der Waals surface area contributed by atoms with E-state index in [2.05, 4.69) is 0 Å². The van der Waals surface area contributed by atoms with Crippen LogP contribution < -0.4 is 15.2 Å². The van der Waals surface area contributed by atoms with E-state index in [1.807, 2.05) is 6.92 Å². The zero-order valence-corrected chi connectivity index (χ0v) is 11.1. The average molecular weight is 282 g/mol. The fraction of sp³-hybridized carbons (Fsp3) is 0.143. The maximum absolute atomic E-state index is 13.3. The van der Waals surface area contributed by atoms with Crippen LogP contribution in [0.1, 0.15) is 6.92 Å². The summed E-state index contributed by atoms with van der Waals surface area (Å²) in [6.07, 6.45) is 0. The van der Waals surface area contributed by atoms with Gasteiger partial charge in [-0.1, -0.05) is 17.7 Å². The molecule has 0 spiro atoms. The van der Waals surface area contributed by atoms with E-state index in [4.69, 9.17) is 26.8 Å². The summed E-state index contributed by atoms with van der Waals surface area (Å²) in [7, 11) is 0. The van der Waals surface area contributed by atoms with Gasteiger partial charge in [0.1, 0.15) is 23.0 Å². The Labute approximate surface area is 115 Å². The Morgan fingerprint density at radius 2 is 1.95 bits per heavy atom. The van der Waals surface area contributed by atoms with E-state index < -0.39 is 5.82 Å². The minimum absolute atomic E-state index is 0.0448. The number of halogens is 2. The first kappa shape index (κ1) is 13.5. The molecule has 0 amide bonds. The zero-order valence-electron chi connectivity index (χ0n) is 10.3. The van der Waals surface area contributed by atoms with Crippen molar-refractivity contribution in [1.29, 1.82) is 0 Å². The Morgan fingerprint density at radius 3 is 2.63 bits per heavy atom. The first-order chi connectivity index (χ1) is 9.11. The van der Waals surface area contributed by atoms with Crippen LogP contribution in [-0.4, -0.2) is 6.61 Å². The summed E-state index contributed by atoms with van der Waals surface area (Å²) < 4.78 is 24.2. The number of anilines is 1. The molecule has 2 aromatic carbocycles. The van der Waals surface area contributed by atoms with Gasteiger partial charge >= 0.3 is 0 Å². The fourth-order valence-corrected chi connectivity index (χ4v) is 1.68. The van der Waals surface area contributed by atoms with Crippen molar-refractivity contribution in [2.45, 2.75) is 6.92 Å². The van der Waals surface area contributed by atoms with Crippen molar-refractivity contribution in [3.8, 4) is 17.2 Å². The van der Waals surface area contributed by atoms with E-state index in [1.165, 1.54) is 12.1 Å². The average Bonchev–Trinajstić information content (AvgIpc) is 2.39. The molecule has 0 radical (unpaired) electrons. The molecule has 0 atom stereocenters. The van der Waals surface area contributed by atoms with E-state index in [0.717, 1.165) is 0 Å². The molecule has 2 aromatic rings. The smallest absolute Gasteiger partial charge is 0.154 e. The summed E-state index contributed by atoms with van der Waals surface area (Å²) in [5.74, 6) is 0.725. The van der Waals surface area contributed by atoms with Crippen LogP contribution in [0.5, 0.6) is 17.2 Å². The second-order valence-electron chi connectivity index (χ2n) is 3.78. The first-order valence-corrected chi connectivity index (χ1v) is 6.13. The second-order valence-corrected chi connectivity index (χ2v) is 4.19. The van der Waals surface area contributed by atoms with Crippen molar-refractivity contribution < 1.29 is 13.9 Å². The van der Waals surface area contributed by atoms with E-state index >= 15 is 0 Å². The van der Waals surface area contributed by atoms with Crippen LogP contribution in [0.25, 0.3) is 0 Å². The first-order valence-electron chi connectivity index (χ1n) is 5.76. The summed E-state index contributed by atoms with van der Waals surface area (Å²) in [6.45, 7) is 2.37. The number of benzene rings is 2. The van der Waals surface area contributed by atoms with Gasteiger partial charge in [-0.05, 0) is 31.2 Å². The molecule has 0 aromatic heterocycles. The van der Waals surface area contributed by atoms with Gasteiger partial charge in [0, 0.05) is 6.07 Å². The number of para-hydroxylation sites is 1. The third-order valence-corrected chi connectivity index (χ3v) is 2.75. The highest BCUT2D eigenvalue weighted by atomic mass is 35.5. The van der Waals surface area contributed by atoms with Crippen LogP contribution in [0.4, 0.5) is 10.1 Å². The van der Waals surface area contributed by atoms with E-state index in [9.17, 15) is 4.39 Å². The SMILES string of the molecule is CCOc1cccc(Oc2ccc(Cl)c(F)c2)c1N.